The number of benzene rings is 3. The van der Waals surface area contributed by atoms with Crippen molar-refractivity contribution in [2.24, 2.45) is 0 Å². The van der Waals surface area contributed by atoms with Crippen LogP contribution in [0.3, 0.4) is 0 Å². The molecule has 0 unspecified atom stereocenters. The molecule has 0 atom stereocenters. The van der Waals surface area contributed by atoms with Crippen molar-refractivity contribution in [3.05, 3.63) is 89.5 Å². The number of hydrazine groups is 1. The Morgan fingerprint density at radius 3 is 2.38 bits per heavy atom. The van der Waals surface area contributed by atoms with Gasteiger partial charge >= 0.3 is 0 Å². The van der Waals surface area contributed by atoms with E-state index in [9.17, 15) is 9.59 Å². The Morgan fingerprint density at radius 1 is 0.828 bits per heavy atom. The molecule has 0 fully saturated rings. The molecule has 148 valence electrons. The van der Waals surface area contributed by atoms with Crippen LogP contribution >= 0.6 is 0 Å². The first-order valence-electron chi connectivity index (χ1n) is 9.13. The fraction of sp³-hybridized carbons (Fsp3) is 0.130. The number of carbonyl (C=O) groups excluding carboxylic acids is 2. The van der Waals surface area contributed by atoms with Gasteiger partial charge < -0.3 is 9.47 Å². The lowest BCUT2D eigenvalue weighted by atomic mass is 10.1. The van der Waals surface area contributed by atoms with Crippen LogP contribution in [0.2, 0.25) is 0 Å². The van der Waals surface area contributed by atoms with Crippen LogP contribution in [-0.4, -0.2) is 18.4 Å². The standard InChI is InChI=1S/C23H22N2O4/c1-16-11-12-17(2)21(13-16)28-15-22(26)24-25-23(27)18-7-6-10-20(14-18)29-19-8-4-3-5-9-19/h3-14H,15H2,1-2H3,(H,24,26)(H,25,27). The van der Waals surface area contributed by atoms with Gasteiger partial charge in [0.05, 0.1) is 0 Å². The summed E-state index contributed by atoms with van der Waals surface area (Å²) >= 11 is 0. The van der Waals surface area contributed by atoms with Crippen molar-refractivity contribution in [3.8, 4) is 17.2 Å². The van der Waals surface area contributed by atoms with Gasteiger partial charge in [-0.05, 0) is 61.4 Å². The number of aryl methyl sites for hydroxylation is 2. The largest absolute Gasteiger partial charge is 0.483 e. The summed E-state index contributed by atoms with van der Waals surface area (Å²) in [4.78, 5) is 24.3. The first kappa shape index (κ1) is 19.9. The van der Waals surface area contributed by atoms with E-state index >= 15 is 0 Å². The monoisotopic (exact) mass is 390 g/mol. The second-order valence-corrected chi connectivity index (χ2v) is 6.50. The molecule has 2 N–H and O–H groups in total. The van der Waals surface area contributed by atoms with Crippen LogP contribution in [0.4, 0.5) is 0 Å². The highest BCUT2D eigenvalue weighted by atomic mass is 16.5. The summed E-state index contributed by atoms with van der Waals surface area (Å²) in [6.45, 7) is 3.64. The Hall–Kier alpha value is -3.80. The SMILES string of the molecule is Cc1ccc(C)c(OCC(=O)NNC(=O)c2cccc(Oc3ccccc3)c2)c1. The van der Waals surface area contributed by atoms with Crippen molar-refractivity contribution >= 4 is 11.8 Å². The number of amides is 2. The predicted octanol–water partition coefficient (Wildman–Crippen LogP) is 3.94. The fourth-order valence-electron chi connectivity index (χ4n) is 2.57. The molecule has 3 aromatic rings. The molecule has 6 nitrogen and oxygen atoms in total. The van der Waals surface area contributed by atoms with Crippen LogP contribution in [0, 0.1) is 13.8 Å². The minimum Gasteiger partial charge on any atom is -0.483 e. The van der Waals surface area contributed by atoms with E-state index in [1.54, 1.807) is 24.3 Å². The third-order valence-corrected chi connectivity index (χ3v) is 4.09. The van der Waals surface area contributed by atoms with Gasteiger partial charge in [-0.15, -0.1) is 0 Å². The topological polar surface area (TPSA) is 76.7 Å². The lowest BCUT2D eigenvalue weighted by molar-refractivity contribution is -0.123. The van der Waals surface area contributed by atoms with Gasteiger partial charge in [0.1, 0.15) is 17.2 Å². The Balaban J connectivity index is 1.51. The summed E-state index contributed by atoms with van der Waals surface area (Å²) < 4.78 is 11.2. The summed E-state index contributed by atoms with van der Waals surface area (Å²) in [6, 6.07) is 21.7. The van der Waals surface area contributed by atoms with Gasteiger partial charge in [-0.2, -0.15) is 0 Å². The van der Waals surface area contributed by atoms with Crippen LogP contribution in [0.25, 0.3) is 0 Å². The molecule has 0 heterocycles. The van der Waals surface area contributed by atoms with Crippen molar-refractivity contribution < 1.29 is 19.1 Å². The number of carbonyl (C=O) groups is 2. The molecule has 6 heteroatoms. The fourth-order valence-corrected chi connectivity index (χ4v) is 2.57. The minimum atomic E-state index is -0.462. The quantitative estimate of drug-likeness (QED) is 0.625. The highest BCUT2D eigenvalue weighted by molar-refractivity contribution is 5.95. The number of para-hydroxylation sites is 1. The molecular formula is C23H22N2O4. The van der Waals surface area contributed by atoms with E-state index in [4.69, 9.17) is 9.47 Å². The van der Waals surface area contributed by atoms with Gasteiger partial charge in [0, 0.05) is 5.56 Å². The average Bonchev–Trinajstić information content (AvgIpc) is 2.73. The van der Waals surface area contributed by atoms with E-state index in [-0.39, 0.29) is 6.61 Å². The van der Waals surface area contributed by atoms with Crippen LogP contribution < -0.4 is 20.3 Å². The minimum absolute atomic E-state index is 0.207. The Kier molecular flexibility index (Phi) is 6.47. The first-order chi connectivity index (χ1) is 14.0. The van der Waals surface area contributed by atoms with Crippen LogP contribution in [0.1, 0.15) is 21.5 Å². The van der Waals surface area contributed by atoms with Crippen LogP contribution in [-0.2, 0) is 4.79 Å². The molecule has 0 bridgehead atoms. The van der Waals surface area contributed by atoms with Crippen molar-refractivity contribution in [1.29, 1.82) is 0 Å². The Morgan fingerprint density at radius 2 is 1.59 bits per heavy atom. The smallest absolute Gasteiger partial charge is 0.276 e. The second-order valence-electron chi connectivity index (χ2n) is 6.50. The molecule has 0 saturated heterocycles. The van der Waals surface area contributed by atoms with E-state index in [0.29, 0.717) is 22.8 Å². The predicted molar refractivity (Wildman–Crippen MR) is 110 cm³/mol. The van der Waals surface area contributed by atoms with Gasteiger partial charge in [-0.1, -0.05) is 36.4 Å². The van der Waals surface area contributed by atoms with E-state index in [0.717, 1.165) is 11.1 Å². The lowest BCUT2D eigenvalue weighted by Crippen LogP contribution is -2.43. The van der Waals surface area contributed by atoms with E-state index in [1.165, 1.54) is 0 Å². The van der Waals surface area contributed by atoms with E-state index < -0.39 is 11.8 Å². The third-order valence-electron chi connectivity index (χ3n) is 4.09. The van der Waals surface area contributed by atoms with Crippen molar-refractivity contribution in [2.45, 2.75) is 13.8 Å². The van der Waals surface area contributed by atoms with E-state index in [1.807, 2.05) is 62.4 Å². The second kappa shape index (κ2) is 9.41. The maximum absolute atomic E-state index is 12.3. The highest BCUT2D eigenvalue weighted by Gasteiger charge is 2.10. The Labute approximate surface area is 169 Å². The number of rotatable bonds is 6. The zero-order valence-corrected chi connectivity index (χ0v) is 16.3. The number of ether oxygens (including phenoxy) is 2. The van der Waals surface area contributed by atoms with Gasteiger partial charge in [-0.25, -0.2) is 0 Å². The molecule has 0 aliphatic rings. The first-order valence-corrected chi connectivity index (χ1v) is 9.13. The molecule has 0 aromatic heterocycles. The van der Waals surface area contributed by atoms with Crippen molar-refractivity contribution in [2.75, 3.05) is 6.61 Å². The lowest BCUT2D eigenvalue weighted by Gasteiger charge is -2.11. The zero-order chi connectivity index (χ0) is 20.6. The summed E-state index contributed by atoms with van der Waals surface area (Å²) in [5.41, 5.74) is 7.06. The summed E-state index contributed by atoms with van der Waals surface area (Å²) in [6.07, 6.45) is 0. The summed E-state index contributed by atoms with van der Waals surface area (Å²) in [5, 5.41) is 0. The number of nitrogens with one attached hydrogen (secondary N) is 2. The van der Waals surface area contributed by atoms with Crippen molar-refractivity contribution in [1.82, 2.24) is 10.9 Å². The Bertz CT molecular complexity index is 1000. The van der Waals surface area contributed by atoms with Gasteiger partial charge in [0.25, 0.3) is 11.8 Å². The maximum atomic E-state index is 12.3. The molecule has 3 rings (SSSR count). The molecule has 2 amide bonds. The van der Waals surface area contributed by atoms with Gasteiger partial charge in [-0.3, -0.25) is 20.4 Å². The van der Waals surface area contributed by atoms with Crippen LogP contribution in [0.5, 0.6) is 17.2 Å². The number of hydrogen-bond donors (Lipinski definition) is 2. The third kappa shape index (κ3) is 5.84. The maximum Gasteiger partial charge on any atom is 0.276 e. The van der Waals surface area contributed by atoms with Gasteiger partial charge in [0.15, 0.2) is 6.61 Å². The molecular weight excluding hydrogens is 368 g/mol. The molecule has 3 aromatic carbocycles. The summed E-state index contributed by atoms with van der Waals surface area (Å²) in [7, 11) is 0. The molecule has 0 aliphatic heterocycles. The molecule has 0 saturated carbocycles. The zero-order valence-electron chi connectivity index (χ0n) is 16.3. The average molecular weight is 390 g/mol. The summed E-state index contributed by atoms with van der Waals surface area (Å²) in [5.74, 6) is 0.909. The van der Waals surface area contributed by atoms with Gasteiger partial charge in [0.2, 0.25) is 0 Å². The number of hydrogen-bond acceptors (Lipinski definition) is 4. The normalized spacial score (nSPS) is 10.1. The molecule has 0 aliphatic carbocycles. The van der Waals surface area contributed by atoms with E-state index in [2.05, 4.69) is 10.9 Å². The highest BCUT2D eigenvalue weighted by Crippen LogP contribution is 2.22. The molecule has 29 heavy (non-hydrogen) atoms. The van der Waals surface area contributed by atoms with Crippen LogP contribution in [0.15, 0.2) is 72.8 Å². The van der Waals surface area contributed by atoms with Crippen molar-refractivity contribution in [3.63, 3.8) is 0 Å². The molecule has 0 radical (unpaired) electrons. The molecule has 0 spiro atoms.